The van der Waals surface area contributed by atoms with Crippen LogP contribution in [0.25, 0.3) is 0 Å². The van der Waals surface area contributed by atoms with Crippen molar-refractivity contribution in [3.05, 3.63) is 23.8 Å². The van der Waals surface area contributed by atoms with Gasteiger partial charge in [-0.25, -0.2) is 4.79 Å². The highest BCUT2D eigenvalue weighted by Gasteiger charge is 2.21. The number of methoxy groups -OCH3 is 2. The van der Waals surface area contributed by atoms with Gasteiger partial charge in [-0.05, 0) is 24.8 Å². The number of carbonyl (C=O) groups excluding carboxylic acids is 1. The highest BCUT2D eigenvalue weighted by molar-refractivity contribution is 5.74. The number of rotatable bonds is 4. The number of hydrogen-bond donors (Lipinski definition) is 1. The summed E-state index contributed by atoms with van der Waals surface area (Å²) in [5.41, 5.74) is 0.912. The largest absolute Gasteiger partial charge is 0.493 e. The van der Waals surface area contributed by atoms with Gasteiger partial charge in [0, 0.05) is 25.2 Å². The van der Waals surface area contributed by atoms with E-state index in [0.29, 0.717) is 24.0 Å². The molecule has 1 N–H and O–H groups in total. The van der Waals surface area contributed by atoms with Gasteiger partial charge >= 0.3 is 6.03 Å². The van der Waals surface area contributed by atoms with Crippen LogP contribution >= 0.6 is 0 Å². The van der Waals surface area contributed by atoms with Crippen LogP contribution < -0.4 is 14.8 Å². The topological polar surface area (TPSA) is 50.8 Å². The molecule has 1 aromatic rings. The fourth-order valence-corrected chi connectivity index (χ4v) is 2.75. The van der Waals surface area contributed by atoms with Gasteiger partial charge in [-0.2, -0.15) is 0 Å². The van der Waals surface area contributed by atoms with Gasteiger partial charge < -0.3 is 19.7 Å². The molecule has 1 fully saturated rings. The molecule has 0 aliphatic carbocycles. The van der Waals surface area contributed by atoms with Gasteiger partial charge in [-0.15, -0.1) is 0 Å². The molecule has 0 spiro atoms. The second-order valence-corrected chi connectivity index (χ2v) is 5.50. The van der Waals surface area contributed by atoms with Crippen LogP contribution in [0.1, 0.15) is 25.3 Å². The Morgan fingerprint density at radius 1 is 1.38 bits per heavy atom. The zero-order valence-electron chi connectivity index (χ0n) is 13.0. The molecule has 0 saturated carbocycles. The van der Waals surface area contributed by atoms with Crippen molar-refractivity contribution in [2.24, 2.45) is 5.92 Å². The maximum atomic E-state index is 12.2. The zero-order valence-corrected chi connectivity index (χ0v) is 13.0. The quantitative estimate of drug-likeness (QED) is 0.928. The summed E-state index contributed by atoms with van der Waals surface area (Å²) < 4.78 is 10.6. The molecular formula is C16H24N2O3. The number of nitrogens with one attached hydrogen (secondary N) is 1. The highest BCUT2D eigenvalue weighted by atomic mass is 16.5. The molecule has 0 radical (unpaired) electrons. The molecule has 2 rings (SSSR count). The average Bonchev–Trinajstić information content (AvgIpc) is 2.51. The molecule has 1 aliphatic rings. The van der Waals surface area contributed by atoms with E-state index in [2.05, 4.69) is 12.2 Å². The number of hydrogen-bond acceptors (Lipinski definition) is 3. The first-order chi connectivity index (χ1) is 10.2. The minimum atomic E-state index is -0.00794. The van der Waals surface area contributed by atoms with Crippen molar-refractivity contribution >= 4 is 6.03 Å². The monoisotopic (exact) mass is 292 g/mol. The van der Waals surface area contributed by atoms with Crippen LogP contribution in [0.4, 0.5) is 4.79 Å². The molecule has 1 atom stereocenters. The van der Waals surface area contributed by atoms with E-state index in [-0.39, 0.29) is 6.03 Å². The first-order valence-corrected chi connectivity index (χ1v) is 7.38. The van der Waals surface area contributed by atoms with Crippen LogP contribution in [0.2, 0.25) is 0 Å². The van der Waals surface area contributed by atoms with Crippen LogP contribution in [0.15, 0.2) is 18.2 Å². The fourth-order valence-electron chi connectivity index (χ4n) is 2.75. The van der Waals surface area contributed by atoms with Gasteiger partial charge in [0.15, 0.2) is 11.5 Å². The minimum absolute atomic E-state index is 0.00794. The second kappa shape index (κ2) is 7.20. The third-order valence-corrected chi connectivity index (χ3v) is 3.86. The molecule has 1 heterocycles. The normalized spacial score (nSPS) is 18.2. The Bertz CT molecular complexity index is 490. The lowest BCUT2D eigenvalue weighted by molar-refractivity contribution is 0.169. The molecule has 1 aliphatic heterocycles. The average molecular weight is 292 g/mol. The van der Waals surface area contributed by atoms with Gasteiger partial charge in [0.2, 0.25) is 0 Å². The lowest BCUT2D eigenvalue weighted by Crippen LogP contribution is -2.44. The molecule has 0 bridgehead atoms. The van der Waals surface area contributed by atoms with Crippen molar-refractivity contribution in [1.82, 2.24) is 10.2 Å². The molecule has 0 aromatic heterocycles. The van der Waals surface area contributed by atoms with E-state index in [1.807, 2.05) is 23.1 Å². The lowest BCUT2D eigenvalue weighted by atomic mass is 10.0. The summed E-state index contributed by atoms with van der Waals surface area (Å²) in [7, 11) is 3.21. The zero-order chi connectivity index (χ0) is 15.2. The van der Waals surface area contributed by atoms with Crippen LogP contribution in [-0.2, 0) is 6.54 Å². The van der Waals surface area contributed by atoms with E-state index in [0.717, 1.165) is 25.1 Å². The summed E-state index contributed by atoms with van der Waals surface area (Å²) in [5, 5.41) is 2.97. The molecule has 2 amide bonds. The Kier molecular flexibility index (Phi) is 5.31. The summed E-state index contributed by atoms with van der Waals surface area (Å²) in [6.45, 7) is 4.29. The molecule has 1 saturated heterocycles. The number of nitrogens with zero attached hydrogens (tertiary/aromatic N) is 1. The molecule has 116 valence electrons. The summed E-state index contributed by atoms with van der Waals surface area (Å²) in [6, 6.07) is 5.66. The van der Waals surface area contributed by atoms with Gasteiger partial charge in [0.1, 0.15) is 0 Å². The second-order valence-electron chi connectivity index (χ2n) is 5.50. The molecule has 1 unspecified atom stereocenters. The number of likely N-dealkylation sites (tertiary alicyclic amines) is 1. The molecule has 5 nitrogen and oxygen atoms in total. The van der Waals surface area contributed by atoms with E-state index in [1.165, 1.54) is 6.42 Å². The maximum absolute atomic E-state index is 12.2. The number of para-hydroxylation sites is 1. The van der Waals surface area contributed by atoms with Crippen LogP contribution in [0, 0.1) is 5.92 Å². The standard InChI is InChI=1S/C16H24N2O3/c1-12-6-5-9-18(11-12)16(19)17-10-13-7-4-8-14(20-2)15(13)21-3/h4,7-8,12H,5-6,9-11H2,1-3H3,(H,17,19). The van der Waals surface area contributed by atoms with Gasteiger partial charge in [0.25, 0.3) is 0 Å². The number of piperidine rings is 1. The summed E-state index contributed by atoms with van der Waals surface area (Å²) >= 11 is 0. The third kappa shape index (κ3) is 3.80. The number of amides is 2. The first kappa shape index (κ1) is 15.5. The Morgan fingerprint density at radius 2 is 2.19 bits per heavy atom. The Hall–Kier alpha value is -1.91. The van der Waals surface area contributed by atoms with E-state index in [9.17, 15) is 4.79 Å². The Labute approximate surface area is 126 Å². The van der Waals surface area contributed by atoms with Crippen molar-refractivity contribution < 1.29 is 14.3 Å². The fraction of sp³-hybridized carbons (Fsp3) is 0.562. The van der Waals surface area contributed by atoms with E-state index >= 15 is 0 Å². The van der Waals surface area contributed by atoms with Crippen LogP contribution in [0.3, 0.4) is 0 Å². The predicted molar refractivity (Wildman–Crippen MR) is 81.8 cm³/mol. The molecular weight excluding hydrogens is 268 g/mol. The summed E-state index contributed by atoms with van der Waals surface area (Å²) in [6.07, 6.45) is 2.28. The number of benzene rings is 1. The summed E-state index contributed by atoms with van der Waals surface area (Å²) in [5.74, 6) is 1.93. The summed E-state index contributed by atoms with van der Waals surface area (Å²) in [4.78, 5) is 14.1. The van der Waals surface area contributed by atoms with Crippen LogP contribution in [0.5, 0.6) is 11.5 Å². The number of ether oxygens (including phenoxy) is 2. The Morgan fingerprint density at radius 3 is 2.86 bits per heavy atom. The first-order valence-electron chi connectivity index (χ1n) is 7.38. The van der Waals surface area contributed by atoms with Gasteiger partial charge in [0.05, 0.1) is 14.2 Å². The van der Waals surface area contributed by atoms with Crippen molar-refractivity contribution in [2.45, 2.75) is 26.3 Å². The molecule has 5 heteroatoms. The van der Waals surface area contributed by atoms with Crippen molar-refractivity contribution in [3.63, 3.8) is 0 Å². The lowest BCUT2D eigenvalue weighted by Gasteiger charge is -2.31. The van der Waals surface area contributed by atoms with Crippen molar-refractivity contribution in [3.8, 4) is 11.5 Å². The van der Waals surface area contributed by atoms with Crippen LogP contribution in [-0.4, -0.2) is 38.2 Å². The number of urea groups is 1. The SMILES string of the molecule is COc1cccc(CNC(=O)N2CCCC(C)C2)c1OC. The number of carbonyl (C=O) groups is 1. The smallest absolute Gasteiger partial charge is 0.317 e. The Balaban J connectivity index is 1.98. The van der Waals surface area contributed by atoms with E-state index in [1.54, 1.807) is 14.2 Å². The third-order valence-electron chi connectivity index (χ3n) is 3.86. The van der Waals surface area contributed by atoms with E-state index in [4.69, 9.17) is 9.47 Å². The molecule has 1 aromatic carbocycles. The van der Waals surface area contributed by atoms with Gasteiger partial charge in [-0.3, -0.25) is 0 Å². The van der Waals surface area contributed by atoms with Crippen molar-refractivity contribution in [1.29, 1.82) is 0 Å². The highest BCUT2D eigenvalue weighted by Crippen LogP contribution is 2.30. The minimum Gasteiger partial charge on any atom is -0.493 e. The van der Waals surface area contributed by atoms with Crippen molar-refractivity contribution in [2.75, 3.05) is 27.3 Å². The van der Waals surface area contributed by atoms with Gasteiger partial charge in [-0.1, -0.05) is 19.1 Å². The molecule has 21 heavy (non-hydrogen) atoms. The predicted octanol–water partition coefficient (Wildman–Crippen LogP) is 2.65. The maximum Gasteiger partial charge on any atom is 0.317 e. The van der Waals surface area contributed by atoms with E-state index < -0.39 is 0 Å².